The topological polar surface area (TPSA) is 66.8 Å². The van der Waals surface area contributed by atoms with Crippen LogP contribution in [0.1, 0.15) is 12.8 Å². The number of hydrogen-bond donors (Lipinski definition) is 1. The Labute approximate surface area is 85.8 Å². The maximum absolute atomic E-state index is 11.1. The lowest BCUT2D eigenvalue weighted by Gasteiger charge is -2.08. The predicted molar refractivity (Wildman–Crippen MR) is 54.6 cm³/mol. The van der Waals surface area contributed by atoms with Gasteiger partial charge in [0.2, 0.25) is 0 Å². The molecule has 0 aromatic carbocycles. The summed E-state index contributed by atoms with van der Waals surface area (Å²) in [6.07, 6.45) is 1.42. The Morgan fingerprint density at radius 2 is 1.93 bits per heavy atom. The Hall–Kier alpha value is -0.170. The molecule has 0 aliphatic rings. The highest BCUT2D eigenvalue weighted by Gasteiger charge is 2.09. The minimum Gasteiger partial charge on any atom is -0.394 e. The van der Waals surface area contributed by atoms with Crippen molar-refractivity contribution in [2.75, 3.05) is 39.6 Å². The summed E-state index contributed by atoms with van der Waals surface area (Å²) in [6, 6.07) is 0. The second kappa shape index (κ2) is 7.17. The quantitative estimate of drug-likeness (QED) is 0.452. The molecule has 6 heteroatoms. The van der Waals surface area contributed by atoms with E-state index in [0.717, 1.165) is 13.0 Å². The molecule has 0 saturated carbocycles. The second-order valence-corrected chi connectivity index (χ2v) is 5.08. The summed E-state index contributed by atoms with van der Waals surface area (Å²) < 4.78 is 26.7. The molecule has 0 aromatic rings. The Morgan fingerprint density at radius 1 is 1.29 bits per heavy atom. The minimum absolute atomic E-state index is 0.0286. The highest BCUT2D eigenvalue weighted by molar-refractivity contribution is 7.86. The molecule has 0 fully saturated rings. The molecule has 0 spiro atoms. The third kappa shape index (κ3) is 8.43. The van der Waals surface area contributed by atoms with Gasteiger partial charge >= 0.3 is 0 Å². The third-order valence-electron chi connectivity index (χ3n) is 1.60. The molecule has 14 heavy (non-hydrogen) atoms. The SMILES string of the molecule is CN(C)CCCCS(=O)(=O)OCCO. The smallest absolute Gasteiger partial charge is 0.267 e. The van der Waals surface area contributed by atoms with Gasteiger partial charge in [0.15, 0.2) is 0 Å². The molecule has 0 rings (SSSR count). The number of aliphatic hydroxyl groups excluding tert-OH is 1. The molecular formula is C8H19NO4S. The van der Waals surface area contributed by atoms with Crippen molar-refractivity contribution in [3.8, 4) is 0 Å². The largest absolute Gasteiger partial charge is 0.394 e. The Balaban J connectivity index is 3.56. The van der Waals surface area contributed by atoms with Gasteiger partial charge in [-0.15, -0.1) is 0 Å². The Kier molecular flexibility index (Phi) is 7.08. The van der Waals surface area contributed by atoms with Gasteiger partial charge in [0.25, 0.3) is 10.1 Å². The number of nitrogens with zero attached hydrogens (tertiary/aromatic N) is 1. The first-order valence-corrected chi connectivity index (χ1v) is 6.18. The minimum atomic E-state index is -3.42. The molecule has 0 aliphatic heterocycles. The lowest BCUT2D eigenvalue weighted by Crippen LogP contribution is -2.16. The van der Waals surface area contributed by atoms with E-state index >= 15 is 0 Å². The highest BCUT2D eigenvalue weighted by atomic mass is 32.2. The molecule has 0 radical (unpaired) electrons. The molecule has 0 aliphatic carbocycles. The second-order valence-electron chi connectivity index (χ2n) is 3.32. The summed E-state index contributed by atoms with van der Waals surface area (Å²) in [4.78, 5) is 2.00. The van der Waals surface area contributed by atoms with Crippen molar-refractivity contribution in [1.82, 2.24) is 4.90 Å². The van der Waals surface area contributed by atoms with Crippen LogP contribution in [0.3, 0.4) is 0 Å². The lowest BCUT2D eigenvalue weighted by molar-refractivity contribution is 0.205. The van der Waals surface area contributed by atoms with E-state index in [0.29, 0.717) is 6.42 Å². The number of aliphatic hydroxyl groups is 1. The van der Waals surface area contributed by atoms with Crippen LogP contribution in [0.5, 0.6) is 0 Å². The molecule has 0 atom stereocenters. The molecular weight excluding hydrogens is 206 g/mol. The molecule has 0 aromatic heterocycles. The lowest BCUT2D eigenvalue weighted by atomic mass is 10.3. The number of hydrogen-bond acceptors (Lipinski definition) is 5. The van der Waals surface area contributed by atoms with E-state index in [1.54, 1.807) is 0 Å². The standard InChI is InChI=1S/C8H19NO4S/c1-9(2)5-3-4-8-14(11,12)13-7-6-10/h10H,3-8H2,1-2H3. The third-order valence-corrected chi connectivity index (χ3v) is 2.92. The fourth-order valence-corrected chi connectivity index (χ4v) is 1.93. The molecule has 0 amide bonds. The maximum Gasteiger partial charge on any atom is 0.267 e. The molecule has 0 heterocycles. The summed E-state index contributed by atoms with van der Waals surface area (Å²) in [5, 5.41) is 8.38. The zero-order chi connectivity index (χ0) is 11.0. The molecule has 0 unspecified atom stereocenters. The molecule has 0 bridgehead atoms. The van der Waals surface area contributed by atoms with Gasteiger partial charge in [-0.3, -0.25) is 4.18 Å². The summed E-state index contributed by atoms with van der Waals surface area (Å²) in [6.45, 7) is 0.461. The fourth-order valence-electron chi connectivity index (χ4n) is 0.930. The van der Waals surface area contributed by atoms with Crippen LogP contribution in [0, 0.1) is 0 Å². The van der Waals surface area contributed by atoms with Crippen molar-refractivity contribution in [2.45, 2.75) is 12.8 Å². The molecule has 1 N–H and O–H groups in total. The van der Waals surface area contributed by atoms with Gasteiger partial charge in [0.1, 0.15) is 0 Å². The van der Waals surface area contributed by atoms with Gasteiger partial charge in [-0.25, -0.2) is 0 Å². The van der Waals surface area contributed by atoms with E-state index in [9.17, 15) is 8.42 Å². The maximum atomic E-state index is 11.1. The van der Waals surface area contributed by atoms with Crippen LogP contribution in [0.15, 0.2) is 0 Å². The van der Waals surface area contributed by atoms with Crippen LogP contribution >= 0.6 is 0 Å². The molecule has 5 nitrogen and oxygen atoms in total. The zero-order valence-corrected chi connectivity index (χ0v) is 9.59. The van der Waals surface area contributed by atoms with Gasteiger partial charge < -0.3 is 10.0 Å². The molecule has 86 valence electrons. The number of rotatable bonds is 8. The van der Waals surface area contributed by atoms with Gasteiger partial charge in [0.05, 0.1) is 19.0 Å². The van der Waals surface area contributed by atoms with Crippen LogP contribution < -0.4 is 0 Å². The van der Waals surface area contributed by atoms with E-state index in [4.69, 9.17) is 5.11 Å². The average molecular weight is 225 g/mol. The van der Waals surface area contributed by atoms with Crippen molar-refractivity contribution < 1.29 is 17.7 Å². The van der Waals surface area contributed by atoms with Crippen molar-refractivity contribution in [3.05, 3.63) is 0 Å². The summed E-state index contributed by atoms with van der Waals surface area (Å²) in [5.74, 6) is 0.0286. The van der Waals surface area contributed by atoms with Crippen molar-refractivity contribution >= 4 is 10.1 Å². The van der Waals surface area contributed by atoms with Gasteiger partial charge in [-0.2, -0.15) is 8.42 Å². The van der Waals surface area contributed by atoms with Crippen molar-refractivity contribution in [3.63, 3.8) is 0 Å². The predicted octanol–water partition coefficient (Wildman–Crippen LogP) is -0.333. The van der Waals surface area contributed by atoms with Crippen LogP contribution in [0.2, 0.25) is 0 Å². The van der Waals surface area contributed by atoms with E-state index in [1.165, 1.54) is 0 Å². The Bertz CT molecular complexity index is 225. The van der Waals surface area contributed by atoms with Crippen LogP contribution in [-0.2, 0) is 14.3 Å². The number of unbranched alkanes of at least 4 members (excludes halogenated alkanes) is 1. The zero-order valence-electron chi connectivity index (χ0n) is 8.77. The van der Waals surface area contributed by atoms with E-state index < -0.39 is 10.1 Å². The van der Waals surface area contributed by atoms with Gasteiger partial charge in [0, 0.05) is 0 Å². The van der Waals surface area contributed by atoms with E-state index in [1.807, 2.05) is 19.0 Å². The van der Waals surface area contributed by atoms with E-state index in [-0.39, 0.29) is 19.0 Å². The van der Waals surface area contributed by atoms with Crippen LogP contribution in [0.25, 0.3) is 0 Å². The summed E-state index contributed by atoms with van der Waals surface area (Å²) in [7, 11) is 0.462. The first-order chi connectivity index (χ1) is 6.48. The van der Waals surface area contributed by atoms with Gasteiger partial charge in [-0.1, -0.05) is 0 Å². The first-order valence-electron chi connectivity index (χ1n) is 4.60. The summed E-state index contributed by atoms with van der Waals surface area (Å²) >= 11 is 0. The van der Waals surface area contributed by atoms with Crippen molar-refractivity contribution in [1.29, 1.82) is 0 Å². The highest BCUT2D eigenvalue weighted by Crippen LogP contribution is 1.99. The van der Waals surface area contributed by atoms with Crippen LogP contribution in [0.4, 0.5) is 0 Å². The van der Waals surface area contributed by atoms with Crippen LogP contribution in [-0.4, -0.2) is 58.0 Å². The Morgan fingerprint density at radius 3 is 2.43 bits per heavy atom. The van der Waals surface area contributed by atoms with Gasteiger partial charge in [-0.05, 0) is 33.5 Å². The average Bonchev–Trinajstić information content (AvgIpc) is 2.09. The summed E-state index contributed by atoms with van der Waals surface area (Å²) in [5.41, 5.74) is 0. The van der Waals surface area contributed by atoms with Crippen molar-refractivity contribution in [2.24, 2.45) is 0 Å². The first kappa shape index (κ1) is 13.8. The molecule has 0 saturated heterocycles. The monoisotopic (exact) mass is 225 g/mol. The normalized spacial score (nSPS) is 12.3. The fraction of sp³-hybridized carbons (Fsp3) is 1.00. The van der Waals surface area contributed by atoms with E-state index in [2.05, 4.69) is 4.18 Å².